The second-order valence-corrected chi connectivity index (χ2v) is 3.17. The molecule has 5 heteroatoms. The smallest absolute Gasteiger partial charge is 0.423 e. The molecule has 0 aliphatic rings. The first kappa shape index (κ1) is 9.28. The molecule has 0 saturated heterocycles. The number of hydrogen-bond acceptors (Lipinski definition) is 3. The van der Waals surface area contributed by atoms with Crippen LogP contribution in [0.1, 0.15) is 25.5 Å². The average molecular weight is 168 g/mol. The predicted molar refractivity (Wildman–Crippen MR) is 47.1 cm³/mol. The van der Waals surface area contributed by atoms with E-state index in [1.54, 1.807) is 17.9 Å². The molecule has 0 unspecified atom stereocenters. The van der Waals surface area contributed by atoms with Gasteiger partial charge in [-0.05, 0) is 5.92 Å². The number of aromatic nitrogens is 2. The van der Waals surface area contributed by atoms with E-state index in [1.165, 1.54) is 0 Å². The molecule has 0 aliphatic heterocycles. The first-order chi connectivity index (χ1) is 5.52. The quantitative estimate of drug-likeness (QED) is 0.569. The van der Waals surface area contributed by atoms with Crippen molar-refractivity contribution in [1.29, 1.82) is 0 Å². The highest BCUT2D eigenvalue weighted by atomic mass is 16.4. The van der Waals surface area contributed by atoms with Crippen LogP contribution in [0.4, 0.5) is 0 Å². The van der Waals surface area contributed by atoms with Gasteiger partial charge in [0.1, 0.15) is 0 Å². The lowest BCUT2D eigenvalue weighted by Gasteiger charge is -2.02. The van der Waals surface area contributed by atoms with E-state index < -0.39 is 7.12 Å². The summed E-state index contributed by atoms with van der Waals surface area (Å²) in [6.07, 6.45) is 1.62. The van der Waals surface area contributed by atoms with Crippen molar-refractivity contribution in [3.8, 4) is 0 Å². The zero-order valence-corrected chi connectivity index (χ0v) is 7.52. The van der Waals surface area contributed by atoms with Crippen LogP contribution >= 0.6 is 0 Å². The third kappa shape index (κ3) is 1.68. The Morgan fingerprint density at radius 1 is 1.50 bits per heavy atom. The number of nitrogens with zero attached hydrogens (tertiary/aromatic N) is 2. The minimum Gasteiger partial charge on any atom is -0.423 e. The molecule has 1 rings (SSSR count). The summed E-state index contributed by atoms with van der Waals surface area (Å²) >= 11 is 0. The van der Waals surface area contributed by atoms with Gasteiger partial charge in [-0.25, -0.2) is 0 Å². The molecule has 2 N–H and O–H groups in total. The summed E-state index contributed by atoms with van der Waals surface area (Å²) in [4.78, 5) is 0. The lowest BCUT2D eigenvalue weighted by Crippen LogP contribution is -2.32. The van der Waals surface area contributed by atoms with Gasteiger partial charge in [-0.3, -0.25) is 4.68 Å². The standard InChI is InChI=1S/C7H13BN2O2/c1-5(2)7-6(8(11)12)4-10(3)9-7/h4-5,11-12H,1-3H3. The molecule has 0 spiro atoms. The minimum atomic E-state index is -1.42. The highest BCUT2D eigenvalue weighted by Crippen LogP contribution is 2.08. The van der Waals surface area contributed by atoms with Gasteiger partial charge in [-0.1, -0.05) is 13.8 Å². The molecular formula is C7H13BN2O2. The third-order valence-corrected chi connectivity index (χ3v) is 1.71. The van der Waals surface area contributed by atoms with Crippen LogP contribution in [0.5, 0.6) is 0 Å². The van der Waals surface area contributed by atoms with Crippen LogP contribution in [0.15, 0.2) is 6.20 Å². The van der Waals surface area contributed by atoms with Gasteiger partial charge < -0.3 is 10.0 Å². The molecule has 0 bridgehead atoms. The highest BCUT2D eigenvalue weighted by molar-refractivity contribution is 6.59. The lowest BCUT2D eigenvalue weighted by atomic mass is 9.78. The lowest BCUT2D eigenvalue weighted by molar-refractivity contribution is 0.425. The van der Waals surface area contributed by atoms with Gasteiger partial charge in [0.15, 0.2) is 0 Å². The Balaban J connectivity index is 3.08. The fourth-order valence-corrected chi connectivity index (χ4v) is 1.17. The Hall–Kier alpha value is -0.805. The predicted octanol–water partition coefficient (Wildman–Crippen LogP) is -0.777. The number of hydrogen-bond donors (Lipinski definition) is 2. The van der Waals surface area contributed by atoms with Crippen molar-refractivity contribution in [2.45, 2.75) is 19.8 Å². The Kier molecular flexibility index (Phi) is 2.54. The van der Waals surface area contributed by atoms with E-state index in [4.69, 9.17) is 10.0 Å². The summed E-state index contributed by atoms with van der Waals surface area (Å²) in [5.74, 6) is 0.211. The molecule has 4 nitrogen and oxygen atoms in total. The van der Waals surface area contributed by atoms with Crippen LogP contribution in [0.25, 0.3) is 0 Å². The van der Waals surface area contributed by atoms with E-state index in [0.29, 0.717) is 5.46 Å². The summed E-state index contributed by atoms with van der Waals surface area (Å²) < 4.78 is 1.59. The van der Waals surface area contributed by atoms with E-state index in [1.807, 2.05) is 13.8 Å². The summed E-state index contributed by atoms with van der Waals surface area (Å²) in [5.41, 5.74) is 1.24. The fraction of sp³-hybridized carbons (Fsp3) is 0.571. The molecule has 66 valence electrons. The van der Waals surface area contributed by atoms with Gasteiger partial charge in [-0.2, -0.15) is 5.10 Å². The Morgan fingerprint density at radius 2 is 2.08 bits per heavy atom. The van der Waals surface area contributed by atoms with E-state index in [2.05, 4.69) is 5.10 Å². The maximum Gasteiger partial charge on any atom is 0.491 e. The SMILES string of the molecule is CC(C)c1nn(C)cc1B(O)O. The summed E-state index contributed by atoms with van der Waals surface area (Å²) in [7, 11) is 0.341. The Bertz CT molecular complexity index is 245. The molecule has 0 fully saturated rings. The van der Waals surface area contributed by atoms with Gasteiger partial charge in [0.05, 0.1) is 5.69 Å². The van der Waals surface area contributed by atoms with Crippen molar-refractivity contribution in [2.24, 2.45) is 7.05 Å². The first-order valence-electron chi connectivity index (χ1n) is 3.92. The molecule has 0 saturated carbocycles. The second-order valence-electron chi connectivity index (χ2n) is 3.17. The van der Waals surface area contributed by atoms with Gasteiger partial charge in [0, 0.05) is 18.7 Å². The molecule has 0 radical (unpaired) electrons. The molecule has 0 aliphatic carbocycles. The second kappa shape index (κ2) is 3.29. The topological polar surface area (TPSA) is 58.3 Å². The van der Waals surface area contributed by atoms with Crippen LogP contribution in [0, 0.1) is 0 Å². The van der Waals surface area contributed by atoms with Crippen molar-refractivity contribution in [1.82, 2.24) is 9.78 Å². The Morgan fingerprint density at radius 3 is 2.42 bits per heavy atom. The molecule has 0 aromatic carbocycles. The van der Waals surface area contributed by atoms with Gasteiger partial charge >= 0.3 is 7.12 Å². The molecule has 1 aromatic rings. The summed E-state index contributed by atoms with van der Waals surface area (Å²) in [6.45, 7) is 3.93. The molecule has 12 heavy (non-hydrogen) atoms. The van der Waals surface area contributed by atoms with Crippen molar-refractivity contribution in [2.75, 3.05) is 0 Å². The van der Waals surface area contributed by atoms with Crippen LogP contribution < -0.4 is 5.46 Å². The number of rotatable bonds is 2. The van der Waals surface area contributed by atoms with Crippen LogP contribution in [-0.2, 0) is 7.05 Å². The minimum absolute atomic E-state index is 0.211. The van der Waals surface area contributed by atoms with E-state index in [9.17, 15) is 0 Å². The molecular weight excluding hydrogens is 155 g/mol. The van der Waals surface area contributed by atoms with Crippen molar-refractivity contribution >= 4 is 12.6 Å². The van der Waals surface area contributed by atoms with Crippen LogP contribution in [0.3, 0.4) is 0 Å². The third-order valence-electron chi connectivity index (χ3n) is 1.71. The summed E-state index contributed by atoms with van der Waals surface area (Å²) in [5, 5.41) is 22.1. The van der Waals surface area contributed by atoms with E-state index in [-0.39, 0.29) is 5.92 Å². The monoisotopic (exact) mass is 168 g/mol. The van der Waals surface area contributed by atoms with Crippen molar-refractivity contribution in [3.05, 3.63) is 11.9 Å². The number of aryl methyl sites for hydroxylation is 1. The van der Waals surface area contributed by atoms with Crippen molar-refractivity contribution < 1.29 is 10.0 Å². The average Bonchev–Trinajstić information content (AvgIpc) is 2.31. The van der Waals surface area contributed by atoms with Gasteiger partial charge in [-0.15, -0.1) is 0 Å². The van der Waals surface area contributed by atoms with Crippen molar-refractivity contribution in [3.63, 3.8) is 0 Å². The largest absolute Gasteiger partial charge is 0.491 e. The maximum atomic E-state index is 8.97. The molecule has 1 heterocycles. The molecule has 0 atom stereocenters. The highest BCUT2D eigenvalue weighted by Gasteiger charge is 2.20. The summed E-state index contributed by atoms with van der Waals surface area (Å²) in [6, 6.07) is 0. The fourth-order valence-electron chi connectivity index (χ4n) is 1.17. The normalized spacial score (nSPS) is 10.8. The van der Waals surface area contributed by atoms with Gasteiger partial charge in [0.25, 0.3) is 0 Å². The van der Waals surface area contributed by atoms with Gasteiger partial charge in [0.2, 0.25) is 0 Å². The zero-order chi connectivity index (χ0) is 9.30. The first-order valence-corrected chi connectivity index (χ1v) is 3.92. The van der Waals surface area contributed by atoms with E-state index >= 15 is 0 Å². The molecule has 0 amide bonds. The van der Waals surface area contributed by atoms with Crippen LogP contribution in [0.2, 0.25) is 0 Å². The van der Waals surface area contributed by atoms with E-state index in [0.717, 1.165) is 5.69 Å². The molecule has 1 aromatic heterocycles. The van der Waals surface area contributed by atoms with Crippen LogP contribution in [-0.4, -0.2) is 26.9 Å². The zero-order valence-electron chi connectivity index (χ0n) is 7.52. The maximum absolute atomic E-state index is 8.97. The Labute approximate surface area is 72.0 Å².